The fourth-order valence-corrected chi connectivity index (χ4v) is 2.89. The molecule has 2 amide bonds. The lowest BCUT2D eigenvalue weighted by Gasteiger charge is -2.22. The molecule has 0 spiro atoms. The molecule has 6 nitrogen and oxygen atoms in total. The minimum absolute atomic E-state index is 0.194. The van der Waals surface area contributed by atoms with Crippen LogP contribution in [0.25, 0.3) is 0 Å². The smallest absolute Gasteiger partial charge is 0.243 e. The maximum atomic E-state index is 12.4. The second-order valence-corrected chi connectivity index (χ2v) is 6.23. The Morgan fingerprint density at radius 2 is 2.17 bits per heavy atom. The Labute approximate surface area is 142 Å². The first-order valence-electron chi connectivity index (χ1n) is 8.37. The van der Waals surface area contributed by atoms with E-state index in [1.54, 1.807) is 0 Å². The second-order valence-electron chi connectivity index (χ2n) is 6.23. The molecule has 1 aliphatic rings. The van der Waals surface area contributed by atoms with Gasteiger partial charge in [0.2, 0.25) is 11.8 Å². The minimum atomic E-state index is -0.638. The lowest BCUT2D eigenvalue weighted by Crippen LogP contribution is -2.45. The van der Waals surface area contributed by atoms with Gasteiger partial charge >= 0.3 is 0 Å². The van der Waals surface area contributed by atoms with Crippen LogP contribution in [0, 0.1) is 6.92 Å². The largest absolute Gasteiger partial charge is 0.494 e. The Morgan fingerprint density at radius 1 is 1.42 bits per heavy atom. The maximum Gasteiger partial charge on any atom is 0.243 e. The molecule has 0 unspecified atom stereocenters. The zero-order valence-corrected chi connectivity index (χ0v) is 14.5. The van der Waals surface area contributed by atoms with Crippen LogP contribution < -0.4 is 10.1 Å². The normalized spacial score (nSPS) is 20.1. The molecular weight excluding hydrogens is 308 g/mol. The summed E-state index contributed by atoms with van der Waals surface area (Å²) in [6.45, 7) is 6.73. The second kappa shape index (κ2) is 8.15. The molecule has 2 rings (SSSR count). The summed E-state index contributed by atoms with van der Waals surface area (Å²) >= 11 is 0. The van der Waals surface area contributed by atoms with Crippen molar-refractivity contribution in [3.8, 4) is 5.75 Å². The Kier molecular flexibility index (Phi) is 6.20. The summed E-state index contributed by atoms with van der Waals surface area (Å²) in [5.74, 6) is 0.402. The van der Waals surface area contributed by atoms with Crippen LogP contribution in [-0.4, -0.2) is 47.1 Å². The highest BCUT2D eigenvalue weighted by Gasteiger charge is 2.37. The number of aliphatic hydroxyl groups is 1. The molecule has 24 heavy (non-hydrogen) atoms. The monoisotopic (exact) mass is 334 g/mol. The molecule has 132 valence electrons. The van der Waals surface area contributed by atoms with Crippen LogP contribution in [-0.2, 0) is 16.1 Å². The van der Waals surface area contributed by atoms with Crippen LogP contribution >= 0.6 is 0 Å². The van der Waals surface area contributed by atoms with Crippen molar-refractivity contribution in [1.29, 1.82) is 0 Å². The molecule has 1 heterocycles. The average Bonchev–Trinajstić information content (AvgIpc) is 2.94. The predicted molar refractivity (Wildman–Crippen MR) is 90.6 cm³/mol. The molecule has 2 atom stereocenters. The number of aryl methyl sites for hydroxylation is 1. The van der Waals surface area contributed by atoms with E-state index in [9.17, 15) is 14.7 Å². The highest BCUT2D eigenvalue weighted by molar-refractivity contribution is 5.87. The molecule has 0 bridgehead atoms. The molecule has 2 N–H and O–H groups in total. The number of nitrogens with zero attached hydrogens (tertiary/aromatic N) is 1. The van der Waals surface area contributed by atoms with E-state index in [-0.39, 0.29) is 24.8 Å². The van der Waals surface area contributed by atoms with Crippen molar-refractivity contribution in [3.05, 3.63) is 29.3 Å². The van der Waals surface area contributed by atoms with Gasteiger partial charge in [-0.2, -0.15) is 0 Å². The van der Waals surface area contributed by atoms with Gasteiger partial charge in [-0.1, -0.05) is 13.0 Å². The van der Waals surface area contributed by atoms with Crippen molar-refractivity contribution in [2.45, 2.75) is 52.3 Å². The molecule has 0 saturated carbocycles. The van der Waals surface area contributed by atoms with Crippen LogP contribution in [0.5, 0.6) is 5.75 Å². The molecule has 1 aromatic rings. The van der Waals surface area contributed by atoms with Crippen LogP contribution in [0.4, 0.5) is 0 Å². The van der Waals surface area contributed by atoms with E-state index < -0.39 is 12.1 Å². The van der Waals surface area contributed by atoms with Gasteiger partial charge in [-0.3, -0.25) is 9.59 Å². The summed E-state index contributed by atoms with van der Waals surface area (Å²) in [6, 6.07) is 5.20. The third-order valence-electron chi connectivity index (χ3n) is 4.23. The van der Waals surface area contributed by atoms with Gasteiger partial charge in [0.15, 0.2) is 0 Å². The quantitative estimate of drug-likeness (QED) is 0.824. The molecule has 1 aromatic carbocycles. The van der Waals surface area contributed by atoms with Gasteiger partial charge in [0.05, 0.1) is 12.7 Å². The number of carbonyl (C=O) groups is 2. The van der Waals surface area contributed by atoms with Gasteiger partial charge in [0.1, 0.15) is 11.8 Å². The fraction of sp³-hybridized carbons (Fsp3) is 0.556. The van der Waals surface area contributed by atoms with Crippen LogP contribution in [0.2, 0.25) is 0 Å². The number of likely N-dealkylation sites (tertiary alicyclic amines) is 1. The molecule has 0 aromatic heterocycles. The Hall–Kier alpha value is -2.08. The SMILES string of the molecule is CCCOc1ccc(CNC(=O)[C@H]2C[C@H](O)CN2C(C)=O)c(C)c1. The van der Waals surface area contributed by atoms with Crippen molar-refractivity contribution < 1.29 is 19.4 Å². The highest BCUT2D eigenvalue weighted by atomic mass is 16.5. The molecule has 1 aliphatic heterocycles. The summed E-state index contributed by atoms with van der Waals surface area (Å²) in [5, 5.41) is 12.6. The topological polar surface area (TPSA) is 78.9 Å². The number of hydrogen-bond donors (Lipinski definition) is 2. The summed E-state index contributed by atoms with van der Waals surface area (Å²) in [5.41, 5.74) is 2.04. The predicted octanol–water partition coefficient (Wildman–Crippen LogP) is 1.38. The highest BCUT2D eigenvalue weighted by Crippen LogP contribution is 2.20. The van der Waals surface area contributed by atoms with E-state index >= 15 is 0 Å². The maximum absolute atomic E-state index is 12.4. The number of carbonyl (C=O) groups excluding carboxylic acids is 2. The first-order valence-corrected chi connectivity index (χ1v) is 8.37. The van der Waals surface area contributed by atoms with Gasteiger partial charge in [0, 0.05) is 26.4 Å². The number of hydrogen-bond acceptors (Lipinski definition) is 4. The summed E-state index contributed by atoms with van der Waals surface area (Å²) < 4.78 is 5.59. The molecule has 6 heteroatoms. The number of rotatable bonds is 6. The Balaban J connectivity index is 1.95. The van der Waals surface area contributed by atoms with Gasteiger partial charge < -0.3 is 20.1 Å². The Morgan fingerprint density at radius 3 is 2.79 bits per heavy atom. The third kappa shape index (κ3) is 4.47. The number of aliphatic hydroxyl groups excluding tert-OH is 1. The lowest BCUT2D eigenvalue weighted by atomic mass is 10.1. The third-order valence-corrected chi connectivity index (χ3v) is 4.23. The van der Waals surface area contributed by atoms with Crippen LogP contribution in [0.15, 0.2) is 18.2 Å². The van der Waals surface area contributed by atoms with E-state index in [4.69, 9.17) is 4.74 Å². The summed E-state index contributed by atoms with van der Waals surface area (Å²) in [6.07, 6.45) is 0.603. The zero-order chi connectivity index (χ0) is 17.7. The van der Waals surface area contributed by atoms with Crippen molar-refractivity contribution in [2.75, 3.05) is 13.2 Å². The van der Waals surface area contributed by atoms with E-state index in [2.05, 4.69) is 12.2 Å². The van der Waals surface area contributed by atoms with Gasteiger partial charge in [-0.25, -0.2) is 0 Å². The summed E-state index contributed by atoms with van der Waals surface area (Å²) in [4.78, 5) is 25.4. The van der Waals surface area contributed by atoms with E-state index in [1.165, 1.54) is 11.8 Å². The zero-order valence-electron chi connectivity index (χ0n) is 14.5. The summed E-state index contributed by atoms with van der Waals surface area (Å²) in [7, 11) is 0. The molecule has 1 fully saturated rings. The number of ether oxygens (including phenoxy) is 1. The first kappa shape index (κ1) is 18.3. The van der Waals surface area contributed by atoms with Gasteiger partial charge in [-0.15, -0.1) is 0 Å². The van der Waals surface area contributed by atoms with Gasteiger partial charge in [-0.05, 0) is 36.6 Å². The molecule has 1 saturated heterocycles. The van der Waals surface area contributed by atoms with E-state index in [0.29, 0.717) is 13.2 Å². The number of β-amino-alcohol motifs (C(OH)–C–C–N with tert-alkyl or cyclic N) is 1. The van der Waals surface area contributed by atoms with E-state index in [1.807, 2.05) is 25.1 Å². The minimum Gasteiger partial charge on any atom is -0.494 e. The lowest BCUT2D eigenvalue weighted by molar-refractivity contribution is -0.137. The van der Waals surface area contributed by atoms with Crippen molar-refractivity contribution >= 4 is 11.8 Å². The fourth-order valence-electron chi connectivity index (χ4n) is 2.89. The first-order chi connectivity index (χ1) is 11.4. The number of nitrogens with one attached hydrogen (secondary N) is 1. The van der Waals surface area contributed by atoms with E-state index in [0.717, 1.165) is 23.3 Å². The molecule has 0 aliphatic carbocycles. The number of amides is 2. The molecule has 0 radical (unpaired) electrons. The average molecular weight is 334 g/mol. The van der Waals surface area contributed by atoms with Crippen molar-refractivity contribution in [1.82, 2.24) is 10.2 Å². The van der Waals surface area contributed by atoms with Crippen LogP contribution in [0.1, 0.15) is 37.8 Å². The number of benzene rings is 1. The van der Waals surface area contributed by atoms with Crippen molar-refractivity contribution in [3.63, 3.8) is 0 Å². The standard InChI is InChI=1S/C18H26N2O4/c1-4-7-24-16-6-5-14(12(2)8-16)10-19-18(23)17-9-15(22)11-20(17)13(3)21/h5-6,8,15,17,22H,4,7,9-11H2,1-3H3,(H,19,23)/t15-,17+/m0/s1. The molecular formula is C18H26N2O4. The van der Waals surface area contributed by atoms with Gasteiger partial charge in [0.25, 0.3) is 0 Å². The van der Waals surface area contributed by atoms with Crippen LogP contribution in [0.3, 0.4) is 0 Å². The Bertz CT molecular complexity index is 603. The van der Waals surface area contributed by atoms with Crippen molar-refractivity contribution in [2.24, 2.45) is 0 Å².